The fourth-order valence-corrected chi connectivity index (χ4v) is 2.91. The summed E-state index contributed by atoms with van der Waals surface area (Å²) >= 11 is 0. The zero-order chi connectivity index (χ0) is 15.5. The zero-order valence-corrected chi connectivity index (χ0v) is 13.1. The predicted molar refractivity (Wildman–Crippen MR) is 82.9 cm³/mol. The van der Waals surface area contributed by atoms with Crippen LogP contribution in [0.1, 0.15) is 25.5 Å². The average molecular weight is 299 g/mol. The SMILES string of the molecule is CC(=O)N1CCC(Cc2cnc(-c3cnn(C)c3)cn2)CC1. The lowest BCUT2D eigenvalue weighted by molar-refractivity contribution is -0.130. The number of piperidine rings is 1. The fraction of sp³-hybridized carbons (Fsp3) is 0.500. The van der Waals surface area contributed by atoms with Gasteiger partial charge in [-0.15, -0.1) is 0 Å². The van der Waals surface area contributed by atoms with Crippen molar-refractivity contribution in [3.8, 4) is 11.3 Å². The molecule has 116 valence electrons. The van der Waals surface area contributed by atoms with Crippen molar-refractivity contribution < 1.29 is 4.79 Å². The number of amides is 1. The Morgan fingerprint density at radius 1 is 1.23 bits per heavy atom. The van der Waals surface area contributed by atoms with Crippen LogP contribution in [0.5, 0.6) is 0 Å². The molecule has 0 aromatic carbocycles. The van der Waals surface area contributed by atoms with E-state index < -0.39 is 0 Å². The summed E-state index contributed by atoms with van der Waals surface area (Å²) < 4.78 is 1.76. The Morgan fingerprint density at radius 3 is 2.55 bits per heavy atom. The van der Waals surface area contributed by atoms with Crippen molar-refractivity contribution in [2.45, 2.75) is 26.2 Å². The molecule has 22 heavy (non-hydrogen) atoms. The summed E-state index contributed by atoms with van der Waals surface area (Å²) in [4.78, 5) is 22.3. The molecule has 6 heteroatoms. The Bertz CT molecular complexity index is 641. The molecule has 3 rings (SSSR count). The number of aromatic nitrogens is 4. The van der Waals surface area contributed by atoms with Crippen molar-refractivity contribution in [3.05, 3.63) is 30.5 Å². The minimum Gasteiger partial charge on any atom is -0.343 e. The largest absolute Gasteiger partial charge is 0.343 e. The van der Waals surface area contributed by atoms with E-state index >= 15 is 0 Å². The van der Waals surface area contributed by atoms with Crippen LogP contribution in [0.2, 0.25) is 0 Å². The smallest absolute Gasteiger partial charge is 0.219 e. The summed E-state index contributed by atoms with van der Waals surface area (Å²) in [5, 5.41) is 4.15. The number of aryl methyl sites for hydroxylation is 1. The van der Waals surface area contributed by atoms with Crippen molar-refractivity contribution >= 4 is 5.91 Å². The van der Waals surface area contributed by atoms with E-state index in [1.807, 2.05) is 30.5 Å². The molecule has 1 fully saturated rings. The normalized spacial score (nSPS) is 16.0. The van der Waals surface area contributed by atoms with Crippen molar-refractivity contribution in [2.75, 3.05) is 13.1 Å². The van der Waals surface area contributed by atoms with Crippen molar-refractivity contribution in [1.82, 2.24) is 24.6 Å². The molecular weight excluding hydrogens is 278 g/mol. The maximum atomic E-state index is 11.3. The highest BCUT2D eigenvalue weighted by molar-refractivity contribution is 5.73. The van der Waals surface area contributed by atoms with Gasteiger partial charge in [0.1, 0.15) is 0 Å². The minimum atomic E-state index is 0.180. The van der Waals surface area contributed by atoms with E-state index in [1.165, 1.54) is 0 Å². The molecular formula is C16H21N5O. The number of carbonyl (C=O) groups excluding carboxylic acids is 1. The summed E-state index contributed by atoms with van der Waals surface area (Å²) in [6, 6.07) is 0. The molecule has 2 aromatic heterocycles. The van der Waals surface area contributed by atoms with Gasteiger partial charge in [0.25, 0.3) is 0 Å². The summed E-state index contributed by atoms with van der Waals surface area (Å²) in [6.45, 7) is 3.37. The first-order valence-electron chi connectivity index (χ1n) is 7.67. The third-order valence-corrected chi connectivity index (χ3v) is 4.26. The van der Waals surface area contributed by atoms with E-state index in [0.717, 1.165) is 49.3 Å². The van der Waals surface area contributed by atoms with Gasteiger partial charge in [-0.3, -0.25) is 19.4 Å². The molecule has 0 atom stereocenters. The number of likely N-dealkylation sites (tertiary alicyclic amines) is 1. The summed E-state index contributed by atoms with van der Waals surface area (Å²) in [5.74, 6) is 0.771. The molecule has 0 radical (unpaired) electrons. The van der Waals surface area contributed by atoms with Crippen molar-refractivity contribution in [1.29, 1.82) is 0 Å². The first-order chi connectivity index (χ1) is 10.6. The van der Waals surface area contributed by atoms with Gasteiger partial charge in [0.2, 0.25) is 5.91 Å². The Hall–Kier alpha value is -2.24. The lowest BCUT2D eigenvalue weighted by atomic mass is 9.92. The molecule has 0 unspecified atom stereocenters. The maximum Gasteiger partial charge on any atom is 0.219 e. The average Bonchev–Trinajstić information content (AvgIpc) is 2.95. The van der Waals surface area contributed by atoms with Gasteiger partial charge in [0.15, 0.2) is 0 Å². The quantitative estimate of drug-likeness (QED) is 0.865. The van der Waals surface area contributed by atoms with Crippen molar-refractivity contribution in [2.24, 2.45) is 13.0 Å². The highest BCUT2D eigenvalue weighted by Crippen LogP contribution is 2.21. The van der Waals surface area contributed by atoms with Gasteiger partial charge in [-0.1, -0.05) is 0 Å². The van der Waals surface area contributed by atoms with Crippen LogP contribution in [0.3, 0.4) is 0 Å². The topological polar surface area (TPSA) is 63.9 Å². The third kappa shape index (κ3) is 3.32. The molecule has 0 aliphatic carbocycles. The molecule has 1 aliphatic heterocycles. The van der Waals surface area contributed by atoms with E-state index in [4.69, 9.17) is 0 Å². The van der Waals surface area contributed by atoms with E-state index in [-0.39, 0.29) is 5.91 Å². The molecule has 6 nitrogen and oxygen atoms in total. The Balaban J connectivity index is 1.59. The second-order valence-corrected chi connectivity index (χ2v) is 5.95. The van der Waals surface area contributed by atoms with Gasteiger partial charge in [-0.25, -0.2) is 0 Å². The Morgan fingerprint density at radius 2 is 2.00 bits per heavy atom. The lowest BCUT2D eigenvalue weighted by Crippen LogP contribution is -2.37. The summed E-state index contributed by atoms with van der Waals surface area (Å²) in [5.41, 5.74) is 2.86. The third-order valence-electron chi connectivity index (χ3n) is 4.26. The number of hydrogen-bond donors (Lipinski definition) is 0. The van der Waals surface area contributed by atoms with Crippen LogP contribution >= 0.6 is 0 Å². The first-order valence-corrected chi connectivity index (χ1v) is 7.67. The highest BCUT2D eigenvalue weighted by atomic mass is 16.2. The Labute approximate surface area is 130 Å². The summed E-state index contributed by atoms with van der Waals surface area (Å²) in [6.07, 6.45) is 10.4. The van der Waals surface area contributed by atoms with E-state index in [2.05, 4.69) is 15.1 Å². The van der Waals surface area contributed by atoms with Crippen LogP contribution in [0.25, 0.3) is 11.3 Å². The van der Waals surface area contributed by atoms with Crippen LogP contribution in [0.4, 0.5) is 0 Å². The molecule has 3 heterocycles. The molecule has 1 amide bonds. The van der Waals surface area contributed by atoms with Crippen LogP contribution in [-0.2, 0) is 18.3 Å². The van der Waals surface area contributed by atoms with Crippen molar-refractivity contribution in [3.63, 3.8) is 0 Å². The molecule has 0 saturated carbocycles. The lowest BCUT2D eigenvalue weighted by Gasteiger charge is -2.31. The van der Waals surface area contributed by atoms with E-state index in [0.29, 0.717) is 5.92 Å². The molecule has 1 saturated heterocycles. The Kier molecular flexibility index (Phi) is 4.18. The van der Waals surface area contributed by atoms with E-state index in [1.54, 1.807) is 17.8 Å². The van der Waals surface area contributed by atoms with Crippen LogP contribution < -0.4 is 0 Å². The fourth-order valence-electron chi connectivity index (χ4n) is 2.91. The number of carbonyl (C=O) groups is 1. The van der Waals surface area contributed by atoms with Crippen LogP contribution in [0, 0.1) is 5.92 Å². The molecule has 2 aromatic rings. The number of nitrogens with zero attached hydrogens (tertiary/aromatic N) is 5. The summed E-state index contributed by atoms with van der Waals surface area (Å²) in [7, 11) is 1.89. The van der Waals surface area contributed by atoms with Gasteiger partial charge in [-0.05, 0) is 25.2 Å². The van der Waals surface area contributed by atoms with Crippen LogP contribution in [0.15, 0.2) is 24.8 Å². The maximum absolute atomic E-state index is 11.3. The standard InChI is InChI=1S/C16H21N5O/c1-12(22)21-5-3-13(4-6-21)7-15-9-18-16(10-17-15)14-8-19-20(2)11-14/h8-11,13H,3-7H2,1-2H3. The molecule has 0 bridgehead atoms. The minimum absolute atomic E-state index is 0.180. The molecule has 0 N–H and O–H groups in total. The number of hydrogen-bond acceptors (Lipinski definition) is 4. The van der Waals surface area contributed by atoms with Gasteiger partial charge >= 0.3 is 0 Å². The van der Waals surface area contributed by atoms with Crippen LogP contribution in [-0.4, -0.2) is 43.6 Å². The van der Waals surface area contributed by atoms with E-state index in [9.17, 15) is 4.79 Å². The van der Waals surface area contributed by atoms with Gasteiger partial charge in [0, 0.05) is 45.0 Å². The zero-order valence-electron chi connectivity index (χ0n) is 13.1. The molecule has 1 aliphatic rings. The highest BCUT2D eigenvalue weighted by Gasteiger charge is 2.21. The van der Waals surface area contributed by atoms with Gasteiger partial charge in [-0.2, -0.15) is 5.10 Å². The second-order valence-electron chi connectivity index (χ2n) is 5.95. The number of rotatable bonds is 3. The first kappa shape index (κ1) is 14.7. The van der Waals surface area contributed by atoms with Gasteiger partial charge < -0.3 is 4.90 Å². The second kappa shape index (κ2) is 6.25. The predicted octanol–water partition coefficient (Wildman–Crippen LogP) is 1.68. The molecule has 0 spiro atoms. The van der Waals surface area contributed by atoms with Gasteiger partial charge in [0.05, 0.1) is 23.8 Å². The monoisotopic (exact) mass is 299 g/mol.